The van der Waals surface area contributed by atoms with Crippen LogP contribution in [-0.2, 0) is 13.1 Å². The number of anilines is 1. The van der Waals surface area contributed by atoms with Crippen LogP contribution in [0.3, 0.4) is 0 Å². The van der Waals surface area contributed by atoms with Crippen molar-refractivity contribution < 1.29 is 4.79 Å². The number of rotatable bonds is 5. The first-order valence-electron chi connectivity index (χ1n) is 9.39. The predicted molar refractivity (Wildman–Crippen MR) is 107 cm³/mol. The van der Waals surface area contributed by atoms with Gasteiger partial charge in [0.25, 0.3) is 5.56 Å². The molecule has 3 N–H and O–H groups in total. The lowest BCUT2D eigenvalue weighted by atomic mass is 10.1. The fourth-order valence-corrected chi connectivity index (χ4v) is 3.54. The first kappa shape index (κ1) is 18.2. The van der Waals surface area contributed by atoms with Gasteiger partial charge in [-0.15, -0.1) is 0 Å². The number of nitrogens with one attached hydrogen (secondary N) is 1. The fraction of sp³-hybridized carbons (Fsp3) is 0.368. The van der Waals surface area contributed by atoms with Gasteiger partial charge in [0, 0.05) is 38.3 Å². The summed E-state index contributed by atoms with van der Waals surface area (Å²) in [5.74, 6) is 0.344. The molecule has 1 aromatic carbocycles. The molecular weight excluding hydrogens is 358 g/mol. The summed E-state index contributed by atoms with van der Waals surface area (Å²) in [4.78, 5) is 31.2. The number of imidazole rings is 1. The summed E-state index contributed by atoms with van der Waals surface area (Å²) in [6.07, 6.45) is 1.65. The van der Waals surface area contributed by atoms with Crippen molar-refractivity contribution in [2.45, 2.75) is 20.0 Å². The Labute approximate surface area is 161 Å². The Morgan fingerprint density at radius 3 is 2.57 bits per heavy atom. The van der Waals surface area contributed by atoms with E-state index in [1.165, 1.54) is 4.68 Å². The minimum Gasteiger partial charge on any atom is -0.366 e. The lowest BCUT2D eigenvalue weighted by Gasteiger charge is -2.28. The molecular formula is C19H23N7O2. The van der Waals surface area contributed by atoms with Crippen molar-refractivity contribution in [3.8, 4) is 0 Å². The molecule has 0 radical (unpaired) electrons. The van der Waals surface area contributed by atoms with E-state index in [0.717, 1.165) is 37.7 Å². The average Bonchev–Trinajstić information content (AvgIpc) is 3.10. The second-order valence-corrected chi connectivity index (χ2v) is 6.80. The van der Waals surface area contributed by atoms with Crippen molar-refractivity contribution in [3.63, 3.8) is 0 Å². The molecule has 1 aliphatic heterocycles. The molecule has 0 unspecified atom stereocenters. The highest BCUT2D eigenvalue weighted by Crippen LogP contribution is 2.20. The smallest absolute Gasteiger partial charge is 0.293 e. The van der Waals surface area contributed by atoms with Crippen LogP contribution in [0.2, 0.25) is 0 Å². The van der Waals surface area contributed by atoms with Crippen molar-refractivity contribution in [3.05, 3.63) is 51.9 Å². The van der Waals surface area contributed by atoms with Crippen molar-refractivity contribution in [2.75, 3.05) is 31.1 Å². The Balaban J connectivity index is 1.71. The number of primary amides is 1. The SMILES string of the molecule is CCn1c(N2CCNCC2)nc2cnn(Cc3ccc(C(N)=O)cc3)c(=O)c21. The van der Waals surface area contributed by atoms with E-state index in [4.69, 9.17) is 5.73 Å². The van der Waals surface area contributed by atoms with Gasteiger partial charge >= 0.3 is 0 Å². The Bertz CT molecular complexity index is 1060. The average molecular weight is 381 g/mol. The summed E-state index contributed by atoms with van der Waals surface area (Å²) >= 11 is 0. The van der Waals surface area contributed by atoms with Crippen LogP contribution in [-0.4, -0.2) is 51.4 Å². The van der Waals surface area contributed by atoms with Gasteiger partial charge in [0.1, 0.15) is 11.0 Å². The molecule has 4 rings (SSSR count). The van der Waals surface area contributed by atoms with E-state index in [2.05, 4.69) is 20.3 Å². The molecule has 2 aromatic heterocycles. The van der Waals surface area contributed by atoms with Crippen LogP contribution in [0.25, 0.3) is 11.0 Å². The van der Waals surface area contributed by atoms with Crippen molar-refractivity contribution in [1.29, 1.82) is 0 Å². The van der Waals surface area contributed by atoms with Crippen LogP contribution in [0, 0.1) is 0 Å². The maximum Gasteiger partial charge on any atom is 0.293 e. The van der Waals surface area contributed by atoms with E-state index in [0.29, 0.717) is 29.7 Å². The fourth-order valence-electron chi connectivity index (χ4n) is 3.54. The van der Waals surface area contributed by atoms with E-state index in [-0.39, 0.29) is 5.56 Å². The molecule has 1 amide bonds. The van der Waals surface area contributed by atoms with Gasteiger partial charge in [-0.05, 0) is 24.6 Å². The molecule has 0 bridgehead atoms. The first-order valence-corrected chi connectivity index (χ1v) is 9.39. The maximum absolute atomic E-state index is 13.1. The Kier molecular flexibility index (Phi) is 4.82. The van der Waals surface area contributed by atoms with Crippen LogP contribution in [0.1, 0.15) is 22.8 Å². The summed E-state index contributed by atoms with van der Waals surface area (Å²) in [7, 11) is 0. The summed E-state index contributed by atoms with van der Waals surface area (Å²) in [6.45, 7) is 6.50. The zero-order valence-electron chi connectivity index (χ0n) is 15.8. The molecule has 146 valence electrons. The predicted octanol–water partition coefficient (Wildman–Crippen LogP) is 0.170. The third-order valence-corrected chi connectivity index (χ3v) is 5.02. The maximum atomic E-state index is 13.1. The van der Waals surface area contributed by atoms with Crippen LogP contribution in [0.5, 0.6) is 0 Å². The molecule has 0 spiro atoms. The summed E-state index contributed by atoms with van der Waals surface area (Å²) in [5.41, 5.74) is 7.58. The lowest BCUT2D eigenvalue weighted by Crippen LogP contribution is -2.44. The molecule has 9 nitrogen and oxygen atoms in total. The second-order valence-electron chi connectivity index (χ2n) is 6.80. The highest BCUT2D eigenvalue weighted by atomic mass is 16.1. The Hall–Kier alpha value is -3.20. The molecule has 0 aliphatic carbocycles. The standard InChI is InChI=1S/C19H23N7O2/c1-2-25-16-15(23-19(25)24-9-7-21-8-10-24)11-22-26(18(16)28)12-13-3-5-14(6-4-13)17(20)27/h3-6,11,21H,2,7-10,12H2,1H3,(H2,20,27). The van der Waals surface area contributed by atoms with Gasteiger partial charge in [0.15, 0.2) is 0 Å². The Morgan fingerprint density at radius 1 is 1.21 bits per heavy atom. The van der Waals surface area contributed by atoms with E-state index in [1.54, 1.807) is 30.5 Å². The van der Waals surface area contributed by atoms with E-state index >= 15 is 0 Å². The van der Waals surface area contributed by atoms with Crippen molar-refractivity contribution in [1.82, 2.24) is 24.6 Å². The lowest BCUT2D eigenvalue weighted by molar-refractivity contribution is 0.100. The van der Waals surface area contributed by atoms with Gasteiger partial charge in [-0.1, -0.05) is 12.1 Å². The monoisotopic (exact) mass is 381 g/mol. The van der Waals surface area contributed by atoms with Crippen LogP contribution < -0.4 is 21.5 Å². The molecule has 1 saturated heterocycles. The van der Waals surface area contributed by atoms with Gasteiger partial charge in [0.2, 0.25) is 11.9 Å². The zero-order chi connectivity index (χ0) is 19.7. The number of hydrogen-bond acceptors (Lipinski definition) is 6. The quantitative estimate of drug-likeness (QED) is 0.652. The zero-order valence-corrected chi connectivity index (χ0v) is 15.8. The molecule has 28 heavy (non-hydrogen) atoms. The molecule has 1 fully saturated rings. The number of nitrogens with two attached hydrogens (primary N) is 1. The third kappa shape index (κ3) is 3.24. The summed E-state index contributed by atoms with van der Waals surface area (Å²) in [5, 5.41) is 7.63. The molecule has 9 heteroatoms. The normalized spacial score (nSPS) is 14.5. The third-order valence-electron chi connectivity index (χ3n) is 5.02. The largest absolute Gasteiger partial charge is 0.366 e. The van der Waals surface area contributed by atoms with Gasteiger partial charge in [0.05, 0.1) is 12.7 Å². The topological polar surface area (TPSA) is 111 Å². The van der Waals surface area contributed by atoms with Crippen LogP contribution in [0.4, 0.5) is 5.95 Å². The van der Waals surface area contributed by atoms with Crippen molar-refractivity contribution >= 4 is 22.9 Å². The van der Waals surface area contributed by atoms with Gasteiger partial charge in [-0.25, -0.2) is 9.67 Å². The molecule has 3 aromatic rings. The number of piperazine rings is 1. The number of aromatic nitrogens is 4. The highest BCUT2D eigenvalue weighted by Gasteiger charge is 2.21. The highest BCUT2D eigenvalue weighted by molar-refractivity contribution is 5.92. The number of amides is 1. The number of carbonyl (C=O) groups is 1. The molecule has 3 heterocycles. The van der Waals surface area contributed by atoms with E-state index < -0.39 is 5.91 Å². The van der Waals surface area contributed by atoms with Gasteiger partial charge in [-0.2, -0.15) is 5.10 Å². The number of nitrogens with zero attached hydrogens (tertiary/aromatic N) is 5. The molecule has 0 atom stereocenters. The number of carbonyl (C=O) groups excluding carboxylic acids is 1. The number of hydrogen-bond donors (Lipinski definition) is 2. The number of benzene rings is 1. The van der Waals surface area contributed by atoms with Crippen LogP contribution in [0.15, 0.2) is 35.3 Å². The first-order chi connectivity index (χ1) is 13.6. The minimum atomic E-state index is -0.476. The minimum absolute atomic E-state index is 0.174. The van der Waals surface area contributed by atoms with Crippen LogP contribution >= 0.6 is 0 Å². The number of fused-ring (bicyclic) bond motifs is 1. The van der Waals surface area contributed by atoms with E-state index in [1.807, 2.05) is 11.5 Å². The Morgan fingerprint density at radius 2 is 1.93 bits per heavy atom. The summed E-state index contributed by atoms with van der Waals surface area (Å²) in [6, 6.07) is 6.86. The van der Waals surface area contributed by atoms with Crippen molar-refractivity contribution in [2.24, 2.45) is 5.73 Å². The summed E-state index contributed by atoms with van der Waals surface area (Å²) < 4.78 is 3.40. The van der Waals surface area contributed by atoms with Gasteiger partial charge in [-0.3, -0.25) is 9.59 Å². The number of aryl methyl sites for hydroxylation is 1. The van der Waals surface area contributed by atoms with E-state index in [9.17, 15) is 9.59 Å². The molecule has 1 aliphatic rings. The second kappa shape index (κ2) is 7.43. The molecule has 0 saturated carbocycles. The van der Waals surface area contributed by atoms with Gasteiger partial charge < -0.3 is 20.5 Å².